The van der Waals surface area contributed by atoms with Crippen molar-refractivity contribution in [3.05, 3.63) is 52.5 Å². The Labute approximate surface area is 175 Å². The molecule has 6 nitrogen and oxygen atoms in total. The molecule has 2 N–H and O–H groups in total. The molecule has 0 spiro atoms. The lowest BCUT2D eigenvalue weighted by atomic mass is 10.2. The van der Waals surface area contributed by atoms with Gasteiger partial charge in [0.15, 0.2) is 17.5 Å². The first kappa shape index (κ1) is 20.3. The number of methoxy groups -OCH3 is 2. The Balaban J connectivity index is 1.56. The first-order chi connectivity index (χ1) is 13.6. The minimum absolute atomic E-state index is 0.364. The van der Waals surface area contributed by atoms with Crippen LogP contribution in [0.4, 0.5) is 5.69 Å². The van der Waals surface area contributed by atoms with Crippen molar-refractivity contribution >= 4 is 27.6 Å². The minimum Gasteiger partial charge on any atom is -0.493 e. The number of hydrogen-bond acceptors (Lipinski definition) is 4. The molecule has 0 aromatic heterocycles. The quantitative estimate of drug-likeness (QED) is 0.525. The van der Waals surface area contributed by atoms with E-state index < -0.39 is 0 Å². The van der Waals surface area contributed by atoms with Gasteiger partial charge in [0.05, 0.1) is 18.7 Å². The van der Waals surface area contributed by atoms with E-state index in [1.807, 2.05) is 18.2 Å². The number of anilines is 1. The maximum absolute atomic E-state index is 5.42. The van der Waals surface area contributed by atoms with E-state index in [1.165, 1.54) is 5.69 Å². The molecule has 7 heteroatoms. The van der Waals surface area contributed by atoms with Gasteiger partial charge < -0.3 is 25.0 Å². The van der Waals surface area contributed by atoms with Crippen LogP contribution in [0, 0.1) is 0 Å². The molecule has 3 rings (SSSR count). The predicted octanol–water partition coefficient (Wildman–Crippen LogP) is 3.41. The van der Waals surface area contributed by atoms with Crippen molar-refractivity contribution in [3.8, 4) is 11.5 Å². The minimum atomic E-state index is 0.364. The summed E-state index contributed by atoms with van der Waals surface area (Å²) in [6, 6.07) is 14.9. The molecule has 1 aliphatic rings. The van der Waals surface area contributed by atoms with Crippen LogP contribution in [0.5, 0.6) is 11.5 Å². The lowest BCUT2D eigenvalue weighted by molar-refractivity contribution is 0.352. The van der Waals surface area contributed by atoms with Gasteiger partial charge >= 0.3 is 0 Å². The highest BCUT2D eigenvalue weighted by Gasteiger charge is 2.23. The standard InChI is InChI=1S/C21H27BrN4O2/c1-23-21(24-13-15-11-18(22)20(28-3)19(12-15)27-2)25-16-9-10-26(14-16)17-7-5-4-6-8-17/h4-8,11-12,16H,9-10,13-14H2,1-3H3,(H2,23,24,25). The Kier molecular flexibility index (Phi) is 7.03. The summed E-state index contributed by atoms with van der Waals surface area (Å²) in [5, 5.41) is 6.92. The number of guanidine groups is 1. The molecule has 0 amide bonds. The van der Waals surface area contributed by atoms with E-state index in [-0.39, 0.29) is 0 Å². The lowest BCUT2D eigenvalue weighted by Crippen LogP contribution is -2.44. The Morgan fingerprint density at radius 3 is 2.68 bits per heavy atom. The Morgan fingerprint density at radius 2 is 2.00 bits per heavy atom. The molecule has 0 bridgehead atoms. The molecule has 0 aliphatic carbocycles. The molecule has 2 aromatic carbocycles. The molecule has 0 radical (unpaired) electrons. The van der Waals surface area contributed by atoms with E-state index in [0.717, 1.165) is 35.5 Å². The van der Waals surface area contributed by atoms with Gasteiger partial charge in [-0.15, -0.1) is 0 Å². The van der Waals surface area contributed by atoms with Gasteiger partial charge in [0.2, 0.25) is 0 Å². The van der Waals surface area contributed by atoms with Crippen molar-refractivity contribution in [3.63, 3.8) is 0 Å². The predicted molar refractivity (Wildman–Crippen MR) is 118 cm³/mol. The van der Waals surface area contributed by atoms with Crippen molar-refractivity contribution in [2.45, 2.75) is 19.0 Å². The van der Waals surface area contributed by atoms with Crippen LogP contribution >= 0.6 is 15.9 Å². The largest absolute Gasteiger partial charge is 0.493 e. The molecule has 28 heavy (non-hydrogen) atoms. The van der Waals surface area contributed by atoms with Crippen molar-refractivity contribution in [2.75, 3.05) is 39.3 Å². The molecule has 1 aliphatic heterocycles. The van der Waals surface area contributed by atoms with Crippen LogP contribution in [0.1, 0.15) is 12.0 Å². The SMILES string of the molecule is CN=C(NCc1cc(Br)c(OC)c(OC)c1)NC1CCN(c2ccccc2)C1. The second kappa shape index (κ2) is 9.68. The zero-order valence-corrected chi connectivity index (χ0v) is 18.1. The average molecular weight is 447 g/mol. The van der Waals surface area contributed by atoms with Crippen molar-refractivity contribution < 1.29 is 9.47 Å². The van der Waals surface area contributed by atoms with Crippen LogP contribution in [-0.4, -0.2) is 46.4 Å². The van der Waals surface area contributed by atoms with Crippen LogP contribution in [-0.2, 0) is 6.54 Å². The molecule has 1 heterocycles. The van der Waals surface area contributed by atoms with E-state index in [0.29, 0.717) is 24.1 Å². The van der Waals surface area contributed by atoms with Crippen LogP contribution in [0.15, 0.2) is 51.9 Å². The van der Waals surface area contributed by atoms with Gasteiger partial charge in [-0.05, 0) is 52.2 Å². The molecular weight excluding hydrogens is 420 g/mol. The number of benzene rings is 2. The number of nitrogens with one attached hydrogen (secondary N) is 2. The number of ether oxygens (including phenoxy) is 2. The molecule has 1 fully saturated rings. The fourth-order valence-corrected chi connectivity index (χ4v) is 4.05. The molecule has 2 aromatic rings. The molecule has 1 unspecified atom stereocenters. The van der Waals surface area contributed by atoms with Gasteiger partial charge in [0, 0.05) is 38.4 Å². The van der Waals surface area contributed by atoms with Crippen molar-refractivity contribution in [2.24, 2.45) is 4.99 Å². The van der Waals surface area contributed by atoms with E-state index in [4.69, 9.17) is 9.47 Å². The summed E-state index contributed by atoms with van der Waals surface area (Å²) in [5.41, 5.74) is 2.34. The first-order valence-electron chi connectivity index (χ1n) is 9.32. The highest BCUT2D eigenvalue weighted by atomic mass is 79.9. The zero-order valence-electron chi connectivity index (χ0n) is 16.5. The van der Waals surface area contributed by atoms with Crippen molar-refractivity contribution in [1.82, 2.24) is 10.6 Å². The Morgan fingerprint density at radius 1 is 1.21 bits per heavy atom. The monoisotopic (exact) mass is 446 g/mol. The Hall–Kier alpha value is -2.41. The van der Waals surface area contributed by atoms with Crippen LogP contribution in [0.3, 0.4) is 0 Å². The number of para-hydroxylation sites is 1. The zero-order chi connectivity index (χ0) is 19.9. The third-order valence-electron chi connectivity index (χ3n) is 4.83. The number of halogens is 1. The second-order valence-corrected chi connectivity index (χ2v) is 7.50. The molecule has 150 valence electrons. The molecule has 0 saturated carbocycles. The summed E-state index contributed by atoms with van der Waals surface area (Å²) in [5.74, 6) is 2.19. The highest BCUT2D eigenvalue weighted by molar-refractivity contribution is 9.10. The fraction of sp³-hybridized carbons (Fsp3) is 0.381. The third-order valence-corrected chi connectivity index (χ3v) is 5.42. The second-order valence-electron chi connectivity index (χ2n) is 6.65. The summed E-state index contributed by atoms with van der Waals surface area (Å²) >= 11 is 3.54. The normalized spacial score (nSPS) is 16.8. The summed E-state index contributed by atoms with van der Waals surface area (Å²) in [6.07, 6.45) is 1.08. The van der Waals surface area contributed by atoms with Gasteiger partial charge in [0.25, 0.3) is 0 Å². The van der Waals surface area contributed by atoms with E-state index in [1.54, 1.807) is 21.3 Å². The summed E-state index contributed by atoms with van der Waals surface area (Å²) in [6.45, 7) is 2.64. The van der Waals surface area contributed by atoms with Gasteiger partial charge in [-0.2, -0.15) is 0 Å². The smallest absolute Gasteiger partial charge is 0.191 e. The maximum atomic E-state index is 5.42. The summed E-state index contributed by atoms with van der Waals surface area (Å²) in [7, 11) is 5.07. The van der Waals surface area contributed by atoms with Gasteiger partial charge in [-0.25, -0.2) is 0 Å². The molecule has 1 saturated heterocycles. The van der Waals surface area contributed by atoms with Gasteiger partial charge in [0.1, 0.15) is 0 Å². The van der Waals surface area contributed by atoms with Gasteiger partial charge in [-0.1, -0.05) is 18.2 Å². The molecular formula is C21H27BrN4O2. The van der Waals surface area contributed by atoms with E-state index in [2.05, 4.69) is 60.7 Å². The number of nitrogens with zero attached hydrogens (tertiary/aromatic N) is 2. The van der Waals surface area contributed by atoms with Gasteiger partial charge in [-0.3, -0.25) is 4.99 Å². The average Bonchev–Trinajstić information content (AvgIpc) is 3.19. The van der Waals surface area contributed by atoms with Crippen LogP contribution in [0.25, 0.3) is 0 Å². The Bertz CT molecular complexity index is 814. The van der Waals surface area contributed by atoms with Crippen LogP contribution in [0.2, 0.25) is 0 Å². The third kappa shape index (κ3) is 4.90. The summed E-state index contributed by atoms with van der Waals surface area (Å²) in [4.78, 5) is 6.77. The van der Waals surface area contributed by atoms with E-state index >= 15 is 0 Å². The van der Waals surface area contributed by atoms with Crippen LogP contribution < -0.4 is 25.0 Å². The first-order valence-corrected chi connectivity index (χ1v) is 10.1. The number of hydrogen-bond donors (Lipinski definition) is 2. The lowest BCUT2D eigenvalue weighted by Gasteiger charge is -2.20. The topological polar surface area (TPSA) is 58.1 Å². The molecule has 1 atom stereocenters. The fourth-order valence-electron chi connectivity index (χ4n) is 3.40. The highest BCUT2D eigenvalue weighted by Crippen LogP contribution is 2.36. The summed E-state index contributed by atoms with van der Waals surface area (Å²) < 4.78 is 11.7. The maximum Gasteiger partial charge on any atom is 0.191 e. The number of aliphatic imine (C=N–C) groups is 1. The number of rotatable bonds is 6. The van der Waals surface area contributed by atoms with Crippen molar-refractivity contribution in [1.29, 1.82) is 0 Å². The van der Waals surface area contributed by atoms with E-state index in [9.17, 15) is 0 Å².